The van der Waals surface area contributed by atoms with Gasteiger partial charge in [0.1, 0.15) is 5.58 Å². The average molecular weight is 338 g/mol. The maximum absolute atomic E-state index is 12.0. The first-order chi connectivity index (χ1) is 12.0. The molecule has 0 aliphatic carbocycles. The normalized spacial score (nSPS) is 10.5. The number of furan rings is 1. The second-order valence-corrected chi connectivity index (χ2v) is 5.71. The number of ether oxygens (including phenoxy) is 1. The lowest BCUT2D eigenvalue weighted by Gasteiger charge is -2.13. The molecule has 1 heterocycles. The van der Waals surface area contributed by atoms with E-state index >= 15 is 0 Å². The fourth-order valence-electron chi connectivity index (χ4n) is 2.32. The zero-order valence-corrected chi connectivity index (χ0v) is 14.0. The van der Waals surface area contributed by atoms with Gasteiger partial charge in [0.2, 0.25) is 5.76 Å². The van der Waals surface area contributed by atoms with E-state index in [1.807, 2.05) is 49.3 Å². The van der Waals surface area contributed by atoms with E-state index in [1.165, 1.54) is 0 Å². The molecule has 6 heteroatoms. The fourth-order valence-corrected chi connectivity index (χ4v) is 2.32. The molecule has 0 atom stereocenters. The molecule has 0 saturated carbocycles. The topological polar surface area (TPSA) is 71.8 Å². The average Bonchev–Trinajstić information content (AvgIpc) is 3.04. The Morgan fingerprint density at radius 3 is 2.48 bits per heavy atom. The van der Waals surface area contributed by atoms with Crippen LogP contribution in [0.5, 0.6) is 0 Å². The summed E-state index contributed by atoms with van der Waals surface area (Å²) >= 11 is 0. The summed E-state index contributed by atoms with van der Waals surface area (Å²) in [4.78, 5) is 25.9. The van der Waals surface area contributed by atoms with Crippen LogP contribution in [0.15, 0.2) is 59.0 Å². The first-order valence-corrected chi connectivity index (χ1v) is 7.76. The Kier molecular flexibility index (Phi) is 4.70. The van der Waals surface area contributed by atoms with Gasteiger partial charge in [0.15, 0.2) is 6.61 Å². The molecule has 6 nitrogen and oxygen atoms in total. The first-order valence-electron chi connectivity index (χ1n) is 7.76. The molecular weight excluding hydrogens is 320 g/mol. The van der Waals surface area contributed by atoms with E-state index in [0.29, 0.717) is 11.3 Å². The van der Waals surface area contributed by atoms with Crippen LogP contribution in [0.3, 0.4) is 0 Å². The molecule has 0 saturated heterocycles. The molecule has 0 bridgehead atoms. The van der Waals surface area contributed by atoms with Gasteiger partial charge in [0.05, 0.1) is 0 Å². The summed E-state index contributed by atoms with van der Waals surface area (Å²) in [6.45, 7) is -0.384. The summed E-state index contributed by atoms with van der Waals surface area (Å²) in [6.07, 6.45) is 0. The second-order valence-electron chi connectivity index (χ2n) is 5.71. The van der Waals surface area contributed by atoms with Crippen LogP contribution >= 0.6 is 0 Å². The molecule has 128 valence electrons. The number of carbonyl (C=O) groups excluding carboxylic acids is 2. The highest BCUT2D eigenvalue weighted by Gasteiger charge is 2.15. The van der Waals surface area contributed by atoms with Crippen LogP contribution in [0, 0.1) is 0 Å². The van der Waals surface area contributed by atoms with Crippen LogP contribution in [0.25, 0.3) is 11.0 Å². The maximum Gasteiger partial charge on any atom is 0.374 e. The highest BCUT2D eigenvalue weighted by atomic mass is 16.5. The fraction of sp³-hybridized carbons (Fsp3) is 0.158. The Morgan fingerprint density at radius 2 is 1.80 bits per heavy atom. The van der Waals surface area contributed by atoms with Crippen molar-refractivity contribution in [1.29, 1.82) is 0 Å². The molecule has 0 aliphatic heterocycles. The molecule has 0 radical (unpaired) electrons. The predicted octanol–water partition coefficient (Wildman–Crippen LogP) is 3.29. The number of fused-ring (bicyclic) bond motifs is 1. The van der Waals surface area contributed by atoms with Crippen LogP contribution in [0.4, 0.5) is 11.4 Å². The third kappa shape index (κ3) is 3.98. The molecule has 1 N–H and O–H groups in total. The van der Waals surface area contributed by atoms with E-state index in [4.69, 9.17) is 9.15 Å². The van der Waals surface area contributed by atoms with Gasteiger partial charge in [-0.15, -0.1) is 0 Å². The van der Waals surface area contributed by atoms with Gasteiger partial charge >= 0.3 is 5.97 Å². The molecule has 0 unspecified atom stereocenters. The zero-order valence-electron chi connectivity index (χ0n) is 14.0. The van der Waals surface area contributed by atoms with E-state index in [9.17, 15) is 9.59 Å². The number of carbonyl (C=O) groups is 2. The molecule has 0 spiro atoms. The standard InChI is InChI=1S/C19H18N2O4/c1-21(2)15-9-7-14(8-10-15)20-18(22)12-24-19(23)17-11-13-5-3-4-6-16(13)25-17/h3-11H,12H2,1-2H3,(H,20,22). The van der Waals surface area contributed by atoms with Crippen molar-refractivity contribution in [3.05, 3.63) is 60.4 Å². The number of hydrogen-bond acceptors (Lipinski definition) is 5. The third-order valence-electron chi connectivity index (χ3n) is 3.63. The summed E-state index contributed by atoms with van der Waals surface area (Å²) in [5.74, 6) is -1.01. The van der Waals surface area contributed by atoms with Crippen molar-refractivity contribution in [1.82, 2.24) is 0 Å². The number of nitrogens with one attached hydrogen (secondary N) is 1. The van der Waals surface area contributed by atoms with E-state index in [0.717, 1.165) is 11.1 Å². The largest absolute Gasteiger partial charge is 0.450 e. The van der Waals surface area contributed by atoms with Gasteiger partial charge < -0.3 is 19.4 Å². The monoisotopic (exact) mass is 338 g/mol. The van der Waals surface area contributed by atoms with Crippen LogP contribution in [-0.4, -0.2) is 32.6 Å². The van der Waals surface area contributed by atoms with Crippen LogP contribution in [0.2, 0.25) is 0 Å². The molecule has 3 rings (SSSR count). The minimum absolute atomic E-state index is 0.0735. The van der Waals surface area contributed by atoms with Gasteiger partial charge in [-0.25, -0.2) is 4.79 Å². The minimum atomic E-state index is -0.672. The second kappa shape index (κ2) is 7.09. The van der Waals surface area contributed by atoms with E-state index < -0.39 is 11.9 Å². The van der Waals surface area contributed by atoms with Gasteiger partial charge in [-0.05, 0) is 36.4 Å². The van der Waals surface area contributed by atoms with Crippen molar-refractivity contribution in [3.63, 3.8) is 0 Å². The number of nitrogens with zero attached hydrogens (tertiary/aromatic N) is 1. The van der Waals surface area contributed by atoms with Crippen molar-refractivity contribution in [2.24, 2.45) is 0 Å². The summed E-state index contributed by atoms with van der Waals surface area (Å²) in [6, 6.07) is 16.2. The highest BCUT2D eigenvalue weighted by Crippen LogP contribution is 2.19. The lowest BCUT2D eigenvalue weighted by molar-refractivity contribution is -0.119. The molecule has 1 amide bonds. The van der Waals surface area contributed by atoms with E-state index in [2.05, 4.69) is 5.32 Å². The van der Waals surface area contributed by atoms with Gasteiger partial charge in [-0.1, -0.05) is 18.2 Å². The smallest absolute Gasteiger partial charge is 0.374 e. The lowest BCUT2D eigenvalue weighted by Crippen LogP contribution is -2.20. The van der Waals surface area contributed by atoms with Crippen molar-refractivity contribution < 1.29 is 18.7 Å². The molecule has 0 aliphatic rings. The van der Waals surface area contributed by atoms with Gasteiger partial charge in [0, 0.05) is 30.9 Å². The molecule has 2 aromatic carbocycles. The van der Waals surface area contributed by atoms with Crippen molar-refractivity contribution in [3.8, 4) is 0 Å². The van der Waals surface area contributed by atoms with Crippen molar-refractivity contribution in [2.45, 2.75) is 0 Å². The third-order valence-corrected chi connectivity index (χ3v) is 3.63. The van der Waals surface area contributed by atoms with Crippen LogP contribution < -0.4 is 10.2 Å². The predicted molar refractivity (Wildman–Crippen MR) is 95.9 cm³/mol. The minimum Gasteiger partial charge on any atom is -0.450 e. The van der Waals surface area contributed by atoms with Gasteiger partial charge in [-0.2, -0.15) is 0 Å². The van der Waals surface area contributed by atoms with Crippen molar-refractivity contribution >= 4 is 34.2 Å². The first kappa shape index (κ1) is 16.6. The highest BCUT2D eigenvalue weighted by molar-refractivity contribution is 5.96. The van der Waals surface area contributed by atoms with Crippen LogP contribution in [-0.2, 0) is 9.53 Å². The number of esters is 1. The lowest BCUT2D eigenvalue weighted by atomic mass is 10.2. The molecule has 1 aromatic heterocycles. The molecule has 0 fully saturated rings. The summed E-state index contributed by atoms with van der Waals surface area (Å²) in [5, 5.41) is 3.48. The quantitative estimate of drug-likeness (QED) is 0.723. The van der Waals surface area contributed by atoms with E-state index in [-0.39, 0.29) is 12.4 Å². The number of para-hydroxylation sites is 1. The number of hydrogen-bond donors (Lipinski definition) is 1. The van der Waals surface area contributed by atoms with E-state index in [1.54, 1.807) is 24.3 Å². The Morgan fingerprint density at radius 1 is 1.08 bits per heavy atom. The Bertz CT molecular complexity index is 864. The zero-order chi connectivity index (χ0) is 17.8. The molecule has 25 heavy (non-hydrogen) atoms. The summed E-state index contributed by atoms with van der Waals surface area (Å²) in [7, 11) is 3.87. The number of amides is 1. The summed E-state index contributed by atoms with van der Waals surface area (Å²) in [5.41, 5.74) is 2.25. The molecule has 3 aromatic rings. The Balaban J connectivity index is 1.55. The Hall–Kier alpha value is -3.28. The number of benzene rings is 2. The molecular formula is C19H18N2O4. The van der Waals surface area contributed by atoms with Gasteiger partial charge in [0.25, 0.3) is 5.91 Å². The Labute approximate surface area is 145 Å². The summed E-state index contributed by atoms with van der Waals surface area (Å²) < 4.78 is 10.4. The van der Waals surface area contributed by atoms with Gasteiger partial charge in [-0.3, -0.25) is 4.79 Å². The maximum atomic E-state index is 12.0. The SMILES string of the molecule is CN(C)c1ccc(NC(=O)COC(=O)c2cc3ccccc3o2)cc1. The van der Waals surface area contributed by atoms with Crippen molar-refractivity contribution in [2.75, 3.05) is 30.9 Å². The number of rotatable bonds is 5. The number of anilines is 2. The van der Waals surface area contributed by atoms with Crippen LogP contribution in [0.1, 0.15) is 10.6 Å².